The number of carboxylic acids is 1. The van der Waals surface area contributed by atoms with Crippen LogP contribution in [0.1, 0.15) is 32.6 Å². The summed E-state index contributed by atoms with van der Waals surface area (Å²) in [5, 5.41) is 9.01. The van der Waals surface area contributed by atoms with Gasteiger partial charge in [0.05, 0.1) is 5.92 Å². The lowest BCUT2D eigenvalue weighted by Gasteiger charge is -2.28. The van der Waals surface area contributed by atoms with Crippen molar-refractivity contribution < 1.29 is 9.90 Å². The van der Waals surface area contributed by atoms with Crippen LogP contribution >= 0.6 is 0 Å². The first-order chi connectivity index (χ1) is 6.57. The number of aliphatic carboxylic acids is 1. The van der Waals surface area contributed by atoms with Crippen molar-refractivity contribution in [2.45, 2.75) is 44.7 Å². The fraction of sp³-hybridized carbons (Fsp3) is 0.900. The van der Waals surface area contributed by atoms with Gasteiger partial charge < -0.3 is 16.6 Å². The minimum Gasteiger partial charge on any atom is -0.481 e. The summed E-state index contributed by atoms with van der Waals surface area (Å²) in [4.78, 5) is 11.0. The molecule has 0 bridgehead atoms. The molecule has 1 rings (SSSR count). The van der Waals surface area contributed by atoms with Crippen LogP contribution in [0.3, 0.4) is 0 Å². The molecule has 0 aliphatic heterocycles. The number of rotatable bonds is 2. The first-order valence-corrected chi connectivity index (χ1v) is 5.31. The average molecular weight is 200 g/mol. The average Bonchev–Trinajstić information content (AvgIpc) is 2.25. The molecule has 1 aliphatic rings. The van der Waals surface area contributed by atoms with Gasteiger partial charge in [-0.15, -0.1) is 0 Å². The van der Waals surface area contributed by atoms with Crippen molar-refractivity contribution in [1.29, 1.82) is 0 Å². The van der Waals surface area contributed by atoms with Crippen molar-refractivity contribution in [3.8, 4) is 0 Å². The number of hydrogen-bond donors (Lipinski definition) is 3. The molecule has 0 saturated heterocycles. The Balaban J connectivity index is 2.77. The van der Waals surface area contributed by atoms with E-state index >= 15 is 0 Å². The first kappa shape index (κ1) is 11.5. The Morgan fingerprint density at radius 2 is 2.07 bits per heavy atom. The Morgan fingerprint density at radius 1 is 1.43 bits per heavy atom. The summed E-state index contributed by atoms with van der Waals surface area (Å²) in [6.07, 6.45) is 3.31. The van der Waals surface area contributed by atoms with Gasteiger partial charge in [-0.3, -0.25) is 4.79 Å². The van der Waals surface area contributed by atoms with E-state index < -0.39 is 11.9 Å². The molecular formula is C10H20N2O2. The van der Waals surface area contributed by atoms with E-state index in [9.17, 15) is 4.79 Å². The molecule has 14 heavy (non-hydrogen) atoms. The lowest BCUT2D eigenvalue weighted by Crippen LogP contribution is -2.46. The molecule has 0 aromatic carbocycles. The highest BCUT2D eigenvalue weighted by molar-refractivity contribution is 5.71. The van der Waals surface area contributed by atoms with Crippen LogP contribution in [0.15, 0.2) is 0 Å². The number of hydrogen-bond acceptors (Lipinski definition) is 3. The van der Waals surface area contributed by atoms with Gasteiger partial charge in [-0.25, -0.2) is 0 Å². The zero-order valence-corrected chi connectivity index (χ0v) is 8.65. The summed E-state index contributed by atoms with van der Waals surface area (Å²) < 4.78 is 0. The molecule has 0 aromatic rings. The molecule has 4 heteroatoms. The largest absolute Gasteiger partial charge is 0.481 e. The van der Waals surface area contributed by atoms with Crippen molar-refractivity contribution in [2.24, 2.45) is 23.3 Å². The maximum absolute atomic E-state index is 11.0. The second-order valence-corrected chi connectivity index (χ2v) is 4.19. The Hall–Kier alpha value is -0.610. The number of nitrogens with two attached hydrogens (primary N) is 2. The van der Waals surface area contributed by atoms with Crippen LogP contribution in [0.4, 0.5) is 0 Å². The van der Waals surface area contributed by atoms with Crippen molar-refractivity contribution in [2.75, 3.05) is 0 Å². The molecule has 1 saturated carbocycles. The van der Waals surface area contributed by atoms with Crippen LogP contribution in [-0.4, -0.2) is 23.2 Å². The van der Waals surface area contributed by atoms with Gasteiger partial charge in [-0.2, -0.15) is 0 Å². The Kier molecular flexibility index (Phi) is 3.89. The molecule has 0 heterocycles. The molecule has 4 unspecified atom stereocenters. The lowest BCUT2D eigenvalue weighted by molar-refractivity contribution is -0.143. The van der Waals surface area contributed by atoms with E-state index in [2.05, 4.69) is 0 Å². The van der Waals surface area contributed by atoms with Gasteiger partial charge in [0.2, 0.25) is 0 Å². The summed E-state index contributed by atoms with van der Waals surface area (Å²) in [5.41, 5.74) is 11.9. The number of carboxylic acid groups (broad SMARTS) is 1. The first-order valence-electron chi connectivity index (χ1n) is 5.31. The number of carbonyl (C=O) groups is 1. The quantitative estimate of drug-likeness (QED) is 0.568. The van der Waals surface area contributed by atoms with Crippen molar-refractivity contribution in [1.82, 2.24) is 0 Å². The molecule has 1 aliphatic carbocycles. The van der Waals surface area contributed by atoms with E-state index in [-0.39, 0.29) is 18.0 Å². The second kappa shape index (κ2) is 4.75. The molecule has 0 radical (unpaired) electrons. The van der Waals surface area contributed by atoms with Gasteiger partial charge >= 0.3 is 5.97 Å². The summed E-state index contributed by atoms with van der Waals surface area (Å²) in [5.74, 6) is -1.03. The minimum atomic E-state index is -0.773. The van der Waals surface area contributed by atoms with Gasteiger partial charge in [-0.05, 0) is 18.8 Å². The third kappa shape index (κ3) is 2.25. The highest BCUT2D eigenvalue weighted by Crippen LogP contribution is 2.28. The molecule has 1 fully saturated rings. The van der Waals surface area contributed by atoms with Gasteiger partial charge in [0.25, 0.3) is 0 Å². The van der Waals surface area contributed by atoms with E-state index in [0.717, 1.165) is 19.3 Å². The van der Waals surface area contributed by atoms with E-state index in [1.54, 1.807) is 0 Å². The molecule has 0 spiro atoms. The third-order valence-corrected chi connectivity index (χ3v) is 3.35. The van der Waals surface area contributed by atoms with E-state index in [1.165, 1.54) is 0 Å². The fourth-order valence-corrected chi connectivity index (χ4v) is 2.43. The lowest BCUT2D eigenvalue weighted by atomic mass is 9.84. The maximum Gasteiger partial charge on any atom is 0.308 e. The van der Waals surface area contributed by atoms with E-state index in [0.29, 0.717) is 6.42 Å². The van der Waals surface area contributed by atoms with E-state index in [1.807, 2.05) is 6.92 Å². The van der Waals surface area contributed by atoms with Crippen molar-refractivity contribution in [3.63, 3.8) is 0 Å². The predicted molar refractivity (Wildman–Crippen MR) is 54.7 cm³/mol. The van der Waals surface area contributed by atoms with Gasteiger partial charge in [0.15, 0.2) is 0 Å². The van der Waals surface area contributed by atoms with E-state index in [4.69, 9.17) is 16.6 Å². The summed E-state index contributed by atoms with van der Waals surface area (Å²) >= 11 is 0. The highest BCUT2D eigenvalue weighted by Gasteiger charge is 2.35. The van der Waals surface area contributed by atoms with Gasteiger partial charge in [0.1, 0.15) is 0 Å². The predicted octanol–water partition coefficient (Wildman–Crippen LogP) is 0.552. The van der Waals surface area contributed by atoms with Crippen molar-refractivity contribution in [3.05, 3.63) is 0 Å². The normalized spacial score (nSPS) is 39.1. The monoisotopic (exact) mass is 200 g/mol. The molecule has 5 N–H and O–H groups in total. The third-order valence-electron chi connectivity index (χ3n) is 3.35. The van der Waals surface area contributed by atoms with Crippen LogP contribution in [0.2, 0.25) is 0 Å². The van der Waals surface area contributed by atoms with Gasteiger partial charge in [0, 0.05) is 12.1 Å². The molecule has 0 aromatic heterocycles. The topological polar surface area (TPSA) is 89.3 Å². The Morgan fingerprint density at radius 3 is 2.57 bits per heavy atom. The second-order valence-electron chi connectivity index (χ2n) is 4.19. The van der Waals surface area contributed by atoms with Crippen LogP contribution in [0.25, 0.3) is 0 Å². The zero-order valence-electron chi connectivity index (χ0n) is 8.65. The van der Waals surface area contributed by atoms with Gasteiger partial charge in [-0.1, -0.05) is 19.8 Å². The Labute approximate surface area is 84.7 Å². The highest BCUT2D eigenvalue weighted by atomic mass is 16.4. The SMILES string of the molecule is CCC1C(N)CCCC(C(=O)O)C1N. The van der Waals surface area contributed by atoms with Crippen LogP contribution in [-0.2, 0) is 4.79 Å². The molecule has 82 valence electrons. The zero-order chi connectivity index (χ0) is 10.7. The molecule has 4 nitrogen and oxygen atoms in total. The summed E-state index contributed by atoms with van der Waals surface area (Å²) in [7, 11) is 0. The Bertz CT molecular complexity index is 208. The van der Waals surface area contributed by atoms with Crippen LogP contribution < -0.4 is 11.5 Å². The summed E-state index contributed by atoms with van der Waals surface area (Å²) in [6.45, 7) is 2.02. The van der Waals surface area contributed by atoms with Crippen molar-refractivity contribution >= 4 is 5.97 Å². The minimum absolute atomic E-state index is 0.0688. The maximum atomic E-state index is 11.0. The van der Waals surface area contributed by atoms with Crippen LogP contribution in [0.5, 0.6) is 0 Å². The molecular weight excluding hydrogens is 180 g/mol. The molecule has 4 atom stereocenters. The standard InChI is InChI=1S/C10H20N2O2/c1-2-6-8(11)5-3-4-7(9(6)12)10(13)14/h6-9H,2-5,11-12H2,1H3,(H,13,14). The molecule has 0 amide bonds. The smallest absolute Gasteiger partial charge is 0.308 e. The summed E-state index contributed by atoms with van der Waals surface area (Å²) in [6, 6.07) is -0.214. The fourth-order valence-electron chi connectivity index (χ4n) is 2.43. The van der Waals surface area contributed by atoms with Crippen LogP contribution in [0, 0.1) is 11.8 Å².